The van der Waals surface area contributed by atoms with Gasteiger partial charge in [0.05, 0.1) is 11.2 Å². The molecule has 0 spiro atoms. The molecule has 19 heavy (non-hydrogen) atoms. The van der Waals surface area contributed by atoms with Gasteiger partial charge in [0.25, 0.3) is 0 Å². The second-order valence-corrected chi connectivity index (χ2v) is 4.63. The fourth-order valence-electron chi connectivity index (χ4n) is 2.17. The quantitative estimate of drug-likeness (QED) is 0.722. The Labute approximate surface area is 111 Å². The molecule has 0 aliphatic heterocycles. The molecule has 0 aliphatic rings. The highest BCUT2D eigenvalue weighted by molar-refractivity contribution is 5.86. The van der Waals surface area contributed by atoms with Crippen LogP contribution in [-0.2, 0) is 0 Å². The summed E-state index contributed by atoms with van der Waals surface area (Å²) >= 11 is 0. The molecule has 0 amide bonds. The van der Waals surface area contributed by atoms with Gasteiger partial charge >= 0.3 is 0 Å². The molecule has 0 unspecified atom stereocenters. The summed E-state index contributed by atoms with van der Waals surface area (Å²) in [4.78, 5) is 8.60. The van der Waals surface area contributed by atoms with Crippen molar-refractivity contribution in [1.82, 2.24) is 19.7 Å². The zero-order valence-corrected chi connectivity index (χ0v) is 11.2. The van der Waals surface area contributed by atoms with Crippen LogP contribution >= 0.6 is 0 Å². The Kier molecular flexibility index (Phi) is 2.48. The Balaban J connectivity index is 2.38. The monoisotopic (exact) mass is 253 g/mol. The van der Waals surface area contributed by atoms with Gasteiger partial charge in [-0.05, 0) is 38.5 Å². The van der Waals surface area contributed by atoms with E-state index in [-0.39, 0.29) is 5.95 Å². The van der Waals surface area contributed by atoms with Gasteiger partial charge in [-0.15, -0.1) is 0 Å². The third-order valence-electron chi connectivity index (χ3n) is 3.45. The van der Waals surface area contributed by atoms with Gasteiger partial charge in [0.2, 0.25) is 5.95 Å². The maximum absolute atomic E-state index is 5.79. The van der Waals surface area contributed by atoms with E-state index in [4.69, 9.17) is 5.73 Å². The van der Waals surface area contributed by atoms with Gasteiger partial charge in [0.1, 0.15) is 0 Å². The van der Waals surface area contributed by atoms with Crippen molar-refractivity contribution < 1.29 is 0 Å². The van der Waals surface area contributed by atoms with E-state index in [0.717, 1.165) is 28.1 Å². The number of anilines is 1. The molecule has 96 valence electrons. The van der Waals surface area contributed by atoms with Gasteiger partial charge < -0.3 is 5.73 Å². The molecule has 5 nitrogen and oxygen atoms in total. The number of hydrogen-bond acceptors (Lipinski definition) is 4. The molecule has 0 bridgehead atoms. The van der Waals surface area contributed by atoms with E-state index >= 15 is 0 Å². The first-order valence-electron chi connectivity index (χ1n) is 6.13. The summed E-state index contributed by atoms with van der Waals surface area (Å²) < 4.78 is 1.84. The molecule has 5 heteroatoms. The number of aryl methyl sites for hydroxylation is 1. The number of para-hydroxylation sites is 1. The third-order valence-corrected chi connectivity index (χ3v) is 3.45. The highest BCUT2D eigenvalue weighted by atomic mass is 15.3. The van der Waals surface area contributed by atoms with E-state index < -0.39 is 0 Å². The van der Waals surface area contributed by atoms with Crippen LogP contribution in [0.4, 0.5) is 5.95 Å². The van der Waals surface area contributed by atoms with Crippen LogP contribution in [0, 0.1) is 20.8 Å². The van der Waals surface area contributed by atoms with E-state index in [1.807, 2.05) is 42.8 Å². The van der Waals surface area contributed by atoms with Gasteiger partial charge in [-0.3, -0.25) is 0 Å². The largest absolute Gasteiger partial charge is 0.368 e. The first-order chi connectivity index (χ1) is 9.08. The summed E-state index contributed by atoms with van der Waals surface area (Å²) in [6, 6.07) is 7.81. The van der Waals surface area contributed by atoms with Crippen LogP contribution in [0.3, 0.4) is 0 Å². The molecule has 2 N–H and O–H groups in total. The van der Waals surface area contributed by atoms with Gasteiger partial charge in [0.15, 0.2) is 5.82 Å². The van der Waals surface area contributed by atoms with Crippen molar-refractivity contribution in [1.29, 1.82) is 0 Å². The predicted molar refractivity (Wildman–Crippen MR) is 75.3 cm³/mol. The van der Waals surface area contributed by atoms with E-state index in [1.165, 1.54) is 5.56 Å². The normalized spacial score (nSPS) is 11.1. The van der Waals surface area contributed by atoms with E-state index in [9.17, 15) is 0 Å². The smallest absolute Gasteiger partial charge is 0.222 e. The standard InChI is InChI=1S/C14H15N5/c1-8-9(2)18-19(10(8)3)13-11-6-4-5-7-12(11)16-14(15)17-13/h4-7H,1-3H3,(H2,15,16,17). The van der Waals surface area contributed by atoms with E-state index in [2.05, 4.69) is 22.0 Å². The van der Waals surface area contributed by atoms with Crippen LogP contribution in [0.1, 0.15) is 17.0 Å². The summed E-state index contributed by atoms with van der Waals surface area (Å²) in [5, 5.41) is 5.49. The molecule has 2 aromatic heterocycles. The number of nitrogen functional groups attached to an aromatic ring is 1. The Morgan fingerprint density at radius 3 is 2.47 bits per heavy atom. The van der Waals surface area contributed by atoms with Crippen LogP contribution in [0.5, 0.6) is 0 Å². The summed E-state index contributed by atoms with van der Waals surface area (Å²) in [6.45, 7) is 6.08. The topological polar surface area (TPSA) is 69.6 Å². The first-order valence-corrected chi connectivity index (χ1v) is 6.13. The van der Waals surface area contributed by atoms with Crippen molar-refractivity contribution in [3.8, 4) is 5.82 Å². The lowest BCUT2D eigenvalue weighted by molar-refractivity contribution is 0.812. The molecular formula is C14H15N5. The third kappa shape index (κ3) is 1.74. The fourth-order valence-corrected chi connectivity index (χ4v) is 2.17. The number of nitrogens with two attached hydrogens (primary N) is 1. The number of aromatic nitrogens is 4. The number of nitrogens with zero attached hydrogens (tertiary/aromatic N) is 4. The van der Waals surface area contributed by atoms with Crippen molar-refractivity contribution in [2.75, 3.05) is 5.73 Å². The highest BCUT2D eigenvalue weighted by Gasteiger charge is 2.13. The minimum Gasteiger partial charge on any atom is -0.368 e. The lowest BCUT2D eigenvalue weighted by atomic mass is 10.2. The van der Waals surface area contributed by atoms with Crippen LogP contribution in [0.15, 0.2) is 24.3 Å². The lowest BCUT2D eigenvalue weighted by Gasteiger charge is -2.08. The molecule has 3 aromatic rings. The highest BCUT2D eigenvalue weighted by Crippen LogP contribution is 2.23. The lowest BCUT2D eigenvalue weighted by Crippen LogP contribution is -2.07. The van der Waals surface area contributed by atoms with Crippen LogP contribution < -0.4 is 5.73 Å². The van der Waals surface area contributed by atoms with Crippen molar-refractivity contribution in [2.45, 2.75) is 20.8 Å². The molecule has 0 aliphatic carbocycles. The first kappa shape index (κ1) is 11.6. The van der Waals surface area contributed by atoms with Crippen molar-refractivity contribution in [3.05, 3.63) is 41.2 Å². The molecule has 0 fully saturated rings. The Morgan fingerprint density at radius 1 is 1.05 bits per heavy atom. The average Bonchev–Trinajstić information content (AvgIpc) is 2.65. The molecule has 0 saturated heterocycles. The Morgan fingerprint density at radius 2 is 1.79 bits per heavy atom. The zero-order valence-electron chi connectivity index (χ0n) is 11.2. The molecule has 2 heterocycles. The van der Waals surface area contributed by atoms with Crippen molar-refractivity contribution in [3.63, 3.8) is 0 Å². The fraction of sp³-hybridized carbons (Fsp3) is 0.214. The Bertz CT molecular complexity index is 773. The SMILES string of the molecule is Cc1nn(-c2nc(N)nc3ccccc23)c(C)c1C. The second kappa shape index (κ2) is 4.05. The van der Waals surface area contributed by atoms with E-state index in [0.29, 0.717) is 0 Å². The molecule has 1 aromatic carbocycles. The van der Waals surface area contributed by atoms with Gasteiger partial charge in [-0.2, -0.15) is 10.1 Å². The number of fused-ring (bicyclic) bond motifs is 1. The molecule has 0 atom stereocenters. The minimum atomic E-state index is 0.263. The van der Waals surface area contributed by atoms with Crippen LogP contribution in [-0.4, -0.2) is 19.7 Å². The summed E-state index contributed by atoms with van der Waals surface area (Å²) in [6.07, 6.45) is 0. The summed E-state index contributed by atoms with van der Waals surface area (Å²) in [7, 11) is 0. The van der Waals surface area contributed by atoms with Crippen LogP contribution in [0.2, 0.25) is 0 Å². The van der Waals surface area contributed by atoms with Gasteiger partial charge in [0, 0.05) is 11.1 Å². The summed E-state index contributed by atoms with van der Waals surface area (Å²) in [5.74, 6) is 0.996. The number of benzene rings is 1. The molecule has 3 rings (SSSR count). The maximum atomic E-state index is 5.79. The average molecular weight is 253 g/mol. The maximum Gasteiger partial charge on any atom is 0.222 e. The number of hydrogen-bond donors (Lipinski definition) is 1. The Hall–Kier alpha value is -2.43. The van der Waals surface area contributed by atoms with Gasteiger partial charge in [-0.1, -0.05) is 12.1 Å². The summed E-state index contributed by atoms with van der Waals surface area (Å²) in [5.41, 5.74) is 9.86. The predicted octanol–water partition coefficient (Wildman–Crippen LogP) is 2.32. The number of rotatable bonds is 1. The zero-order chi connectivity index (χ0) is 13.6. The second-order valence-electron chi connectivity index (χ2n) is 4.63. The van der Waals surface area contributed by atoms with Crippen molar-refractivity contribution in [2.24, 2.45) is 0 Å². The molecule has 0 radical (unpaired) electrons. The minimum absolute atomic E-state index is 0.263. The van der Waals surface area contributed by atoms with Crippen molar-refractivity contribution >= 4 is 16.9 Å². The van der Waals surface area contributed by atoms with Crippen LogP contribution in [0.25, 0.3) is 16.7 Å². The molecule has 0 saturated carbocycles. The molecular weight excluding hydrogens is 238 g/mol. The van der Waals surface area contributed by atoms with E-state index in [1.54, 1.807) is 0 Å². The van der Waals surface area contributed by atoms with Gasteiger partial charge in [-0.25, -0.2) is 9.67 Å².